The van der Waals surface area contributed by atoms with E-state index in [0.29, 0.717) is 28.6 Å². The second-order valence-corrected chi connectivity index (χ2v) is 5.12. The lowest BCUT2D eigenvalue weighted by atomic mass is 10.2. The maximum Gasteiger partial charge on any atom is 0.314 e. The topological polar surface area (TPSA) is 103 Å². The van der Waals surface area contributed by atoms with Gasteiger partial charge in [-0.25, -0.2) is 0 Å². The molecule has 2 aromatic carbocycles. The zero-order chi connectivity index (χ0) is 17.7. The van der Waals surface area contributed by atoms with Gasteiger partial charge in [-0.1, -0.05) is 11.6 Å². The summed E-state index contributed by atoms with van der Waals surface area (Å²) >= 11 is 5.95. The molecular weight excluding hydrogens is 334 g/mol. The summed E-state index contributed by atoms with van der Waals surface area (Å²) in [5.74, 6) is -0.780. The standard InChI is InChI=1S/C16H16ClN3O4/c1-23-13-6-4-10(8-14(13)24-2)19-15(21)16(22)20-12-5-3-9(18)7-11(12)17/h3-8H,18H2,1-2H3,(H,19,21)(H,20,22). The van der Waals surface area contributed by atoms with Crippen LogP contribution < -0.4 is 25.8 Å². The number of nitrogens with two attached hydrogens (primary N) is 1. The van der Waals surface area contributed by atoms with Crippen LogP contribution in [-0.4, -0.2) is 26.0 Å². The van der Waals surface area contributed by atoms with Gasteiger partial charge in [0.05, 0.1) is 24.9 Å². The summed E-state index contributed by atoms with van der Waals surface area (Å²) in [6.45, 7) is 0. The molecule has 0 saturated carbocycles. The second-order valence-electron chi connectivity index (χ2n) is 4.72. The summed E-state index contributed by atoms with van der Waals surface area (Å²) in [4.78, 5) is 23.9. The van der Waals surface area contributed by atoms with E-state index in [4.69, 9.17) is 26.8 Å². The van der Waals surface area contributed by atoms with E-state index in [9.17, 15) is 9.59 Å². The molecule has 0 aliphatic rings. The Bertz CT molecular complexity index is 780. The van der Waals surface area contributed by atoms with Crippen molar-refractivity contribution in [1.29, 1.82) is 0 Å². The van der Waals surface area contributed by atoms with Crippen LogP contribution in [0, 0.1) is 0 Å². The molecule has 4 N–H and O–H groups in total. The minimum atomic E-state index is -0.864. The number of nitrogen functional groups attached to an aromatic ring is 1. The molecule has 7 nitrogen and oxygen atoms in total. The fourth-order valence-corrected chi connectivity index (χ4v) is 2.15. The van der Waals surface area contributed by atoms with Crippen LogP contribution in [-0.2, 0) is 9.59 Å². The SMILES string of the molecule is COc1ccc(NC(=O)C(=O)Nc2ccc(N)cc2Cl)cc1OC. The number of carbonyl (C=O) groups excluding carboxylic acids is 2. The highest BCUT2D eigenvalue weighted by Gasteiger charge is 2.16. The third kappa shape index (κ3) is 4.08. The van der Waals surface area contributed by atoms with E-state index < -0.39 is 11.8 Å². The molecule has 2 aromatic rings. The van der Waals surface area contributed by atoms with Crippen LogP contribution >= 0.6 is 11.6 Å². The van der Waals surface area contributed by atoms with Crippen molar-refractivity contribution in [3.63, 3.8) is 0 Å². The molecule has 2 amide bonds. The zero-order valence-electron chi connectivity index (χ0n) is 13.1. The van der Waals surface area contributed by atoms with Gasteiger partial charge in [0.15, 0.2) is 11.5 Å². The molecule has 24 heavy (non-hydrogen) atoms. The molecular formula is C16H16ClN3O4. The first-order valence-corrected chi connectivity index (χ1v) is 7.21. The van der Waals surface area contributed by atoms with Crippen LogP contribution in [0.1, 0.15) is 0 Å². The number of halogens is 1. The van der Waals surface area contributed by atoms with Crippen LogP contribution in [0.2, 0.25) is 5.02 Å². The number of methoxy groups -OCH3 is 2. The third-order valence-corrected chi connectivity index (χ3v) is 3.40. The van der Waals surface area contributed by atoms with Crippen molar-refractivity contribution in [2.75, 3.05) is 30.6 Å². The monoisotopic (exact) mass is 349 g/mol. The average Bonchev–Trinajstić information content (AvgIpc) is 2.57. The maximum absolute atomic E-state index is 12.0. The fourth-order valence-electron chi connectivity index (χ4n) is 1.91. The van der Waals surface area contributed by atoms with Crippen molar-refractivity contribution in [3.05, 3.63) is 41.4 Å². The normalized spacial score (nSPS) is 9.96. The van der Waals surface area contributed by atoms with Crippen LogP contribution in [0.5, 0.6) is 11.5 Å². The molecule has 0 saturated heterocycles. The summed E-state index contributed by atoms with van der Waals surface area (Å²) in [6, 6.07) is 9.29. The Morgan fingerprint density at radius 3 is 2.25 bits per heavy atom. The van der Waals surface area contributed by atoms with Crippen LogP contribution in [0.15, 0.2) is 36.4 Å². The molecule has 2 rings (SSSR count). The third-order valence-electron chi connectivity index (χ3n) is 3.09. The molecule has 0 radical (unpaired) electrons. The van der Waals surface area contributed by atoms with Gasteiger partial charge < -0.3 is 25.8 Å². The van der Waals surface area contributed by atoms with E-state index >= 15 is 0 Å². The molecule has 0 aliphatic carbocycles. The Hall–Kier alpha value is -2.93. The van der Waals surface area contributed by atoms with E-state index in [1.807, 2.05) is 0 Å². The van der Waals surface area contributed by atoms with E-state index in [-0.39, 0.29) is 5.02 Å². The van der Waals surface area contributed by atoms with E-state index in [1.165, 1.54) is 26.4 Å². The first-order chi connectivity index (χ1) is 11.4. The molecule has 0 spiro atoms. The number of nitrogens with one attached hydrogen (secondary N) is 2. The lowest BCUT2D eigenvalue weighted by Gasteiger charge is -2.11. The number of carbonyl (C=O) groups is 2. The fraction of sp³-hybridized carbons (Fsp3) is 0.125. The van der Waals surface area contributed by atoms with Crippen molar-refractivity contribution in [3.8, 4) is 11.5 Å². The Balaban J connectivity index is 2.07. The van der Waals surface area contributed by atoms with E-state index in [2.05, 4.69) is 10.6 Å². The number of anilines is 3. The molecule has 126 valence electrons. The Morgan fingerprint density at radius 2 is 1.62 bits per heavy atom. The maximum atomic E-state index is 12.0. The van der Waals surface area contributed by atoms with Gasteiger partial charge >= 0.3 is 11.8 Å². The Labute approximate surface area is 143 Å². The number of amides is 2. The lowest BCUT2D eigenvalue weighted by molar-refractivity contribution is -0.132. The molecule has 0 heterocycles. The molecule has 8 heteroatoms. The van der Waals surface area contributed by atoms with E-state index in [1.54, 1.807) is 24.3 Å². The van der Waals surface area contributed by atoms with Crippen LogP contribution in [0.3, 0.4) is 0 Å². The largest absolute Gasteiger partial charge is 0.493 e. The van der Waals surface area contributed by atoms with Gasteiger partial charge in [-0.2, -0.15) is 0 Å². The summed E-state index contributed by atoms with van der Waals surface area (Å²) in [5, 5.41) is 5.12. The minimum Gasteiger partial charge on any atom is -0.493 e. The molecule has 0 atom stereocenters. The second kappa shape index (κ2) is 7.56. The molecule has 0 aromatic heterocycles. The van der Waals surface area contributed by atoms with Gasteiger partial charge in [-0.3, -0.25) is 9.59 Å². The quantitative estimate of drug-likeness (QED) is 0.581. The number of hydrogen-bond donors (Lipinski definition) is 3. The predicted molar refractivity (Wildman–Crippen MR) is 92.7 cm³/mol. The Kier molecular flexibility index (Phi) is 5.49. The number of ether oxygens (including phenoxy) is 2. The van der Waals surface area contributed by atoms with E-state index in [0.717, 1.165) is 0 Å². The van der Waals surface area contributed by atoms with Crippen molar-refractivity contribution < 1.29 is 19.1 Å². The molecule has 0 bridgehead atoms. The summed E-state index contributed by atoms with van der Waals surface area (Å²) in [5.41, 5.74) is 6.70. The number of hydrogen-bond acceptors (Lipinski definition) is 5. The molecule has 0 aliphatic heterocycles. The van der Waals surface area contributed by atoms with Gasteiger partial charge in [-0.05, 0) is 30.3 Å². The van der Waals surface area contributed by atoms with Crippen molar-refractivity contribution in [2.45, 2.75) is 0 Å². The van der Waals surface area contributed by atoms with Crippen molar-refractivity contribution in [2.24, 2.45) is 0 Å². The highest BCUT2D eigenvalue weighted by atomic mass is 35.5. The molecule has 0 fully saturated rings. The number of benzene rings is 2. The van der Waals surface area contributed by atoms with Crippen molar-refractivity contribution in [1.82, 2.24) is 0 Å². The summed E-state index contributed by atoms with van der Waals surface area (Å²) < 4.78 is 10.2. The van der Waals surface area contributed by atoms with Crippen LogP contribution in [0.4, 0.5) is 17.1 Å². The van der Waals surface area contributed by atoms with Gasteiger partial charge in [0.2, 0.25) is 0 Å². The van der Waals surface area contributed by atoms with Gasteiger partial charge in [-0.15, -0.1) is 0 Å². The molecule has 0 unspecified atom stereocenters. The van der Waals surface area contributed by atoms with Crippen LogP contribution in [0.25, 0.3) is 0 Å². The van der Waals surface area contributed by atoms with Crippen molar-refractivity contribution >= 4 is 40.5 Å². The smallest absolute Gasteiger partial charge is 0.314 e. The van der Waals surface area contributed by atoms with Gasteiger partial charge in [0.25, 0.3) is 0 Å². The summed E-state index contributed by atoms with van der Waals surface area (Å²) in [7, 11) is 2.97. The first kappa shape index (κ1) is 17.4. The van der Waals surface area contributed by atoms with Gasteiger partial charge in [0, 0.05) is 17.4 Å². The van der Waals surface area contributed by atoms with Gasteiger partial charge in [0.1, 0.15) is 0 Å². The predicted octanol–water partition coefficient (Wildman–Crippen LogP) is 2.52. The highest BCUT2D eigenvalue weighted by molar-refractivity contribution is 6.44. The zero-order valence-corrected chi connectivity index (χ0v) is 13.8. The Morgan fingerprint density at radius 1 is 0.958 bits per heavy atom. The first-order valence-electron chi connectivity index (χ1n) is 6.84. The minimum absolute atomic E-state index is 0.238. The summed E-state index contributed by atoms with van der Waals surface area (Å²) in [6.07, 6.45) is 0. The number of rotatable bonds is 4. The average molecular weight is 350 g/mol. The lowest BCUT2D eigenvalue weighted by Crippen LogP contribution is -2.29. The highest BCUT2D eigenvalue weighted by Crippen LogP contribution is 2.29.